The van der Waals surface area contributed by atoms with Gasteiger partial charge >= 0.3 is 0 Å². The lowest BCUT2D eigenvalue weighted by Crippen LogP contribution is -2.08. The van der Waals surface area contributed by atoms with Crippen molar-refractivity contribution in [3.05, 3.63) is 53.6 Å². The molecule has 86 valence electrons. The molecule has 16 heavy (non-hydrogen) atoms. The Bertz CT molecular complexity index is 451. The quantitative estimate of drug-likeness (QED) is 0.889. The summed E-state index contributed by atoms with van der Waals surface area (Å²) in [5.41, 5.74) is 8.16. The smallest absolute Gasteiger partial charge is 0.122 e. The molecule has 1 aromatic heterocycles. The van der Waals surface area contributed by atoms with E-state index in [1.807, 2.05) is 6.20 Å². The number of imidazole rings is 1. The van der Waals surface area contributed by atoms with E-state index in [2.05, 4.69) is 40.7 Å². The Hall–Kier alpha value is -1.32. The highest BCUT2D eigenvalue weighted by Crippen LogP contribution is 2.07. The summed E-state index contributed by atoms with van der Waals surface area (Å²) in [6.45, 7) is 3.42. The average Bonchev–Trinajstić information content (AvgIpc) is 2.65. The maximum Gasteiger partial charge on any atom is 0.122 e. The largest absolute Gasteiger partial charge is 0.329 e. The van der Waals surface area contributed by atoms with Crippen LogP contribution in [-0.2, 0) is 13.1 Å². The number of nitrogens with zero attached hydrogens (tertiary/aromatic N) is 2. The van der Waals surface area contributed by atoms with Crippen molar-refractivity contribution in [2.75, 3.05) is 0 Å². The first-order valence-corrected chi connectivity index (χ1v) is 5.05. The fourth-order valence-electron chi connectivity index (χ4n) is 1.68. The van der Waals surface area contributed by atoms with Gasteiger partial charge in [0, 0.05) is 18.9 Å². The SMILES string of the molecule is Cc1cccc(Cn2ccnc2CN)c1.Cl. The molecule has 0 atom stereocenters. The van der Waals surface area contributed by atoms with Crippen molar-refractivity contribution in [3.63, 3.8) is 0 Å². The third-order valence-corrected chi connectivity index (χ3v) is 2.42. The van der Waals surface area contributed by atoms with Gasteiger partial charge in [-0.25, -0.2) is 4.98 Å². The molecule has 0 saturated carbocycles. The molecule has 0 saturated heterocycles. The van der Waals surface area contributed by atoms with Crippen molar-refractivity contribution in [3.8, 4) is 0 Å². The first kappa shape index (κ1) is 12.7. The first-order valence-electron chi connectivity index (χ1n) is 5.05. The average molecular weight is 238 g/mol. The standard InChI is InChI=1S/C12H15N3.ClH/c1-10-3-2-4-11(7-10)9-15-6-5-14-12(15)8-13;/h2-7H,8-9,13H2,1H3;1H. The molecular weight excluding hydrogens is 222 g/mol. The normalized spacial score (nSPS) is 9.88. The van der Waals surface area contributed by atoms with Gasteiger partial charge in [-0.2, -0.15) is 0 Å². The number of aryl methyl sites for hydroxylation is 1. The number of hydrogen-bond acceptors (Lipinski definition) is 2. The predicted molar refractivity (Wildman–Crippen MR) is 67.6 cm³/mol. The molecule has 2 N–H and O–H groups in total. The third kappa shape index (κ3) is 2.84. The number of aromatic nitrogens is 2. The zero-order chi connectivity index (χ0) is 10.7. The molecule has 0 bridgehead atoms. The third-order valence-electron chi connectivity index (χ3n) is 2.42. The minimum Gasteiger partial charge on any atom is -0.329 e. The number of rotatable bonds is 3. The van der Waals surface area contributed by atoms with Crippen LogP contribution >= 0.6 is 12.4 Å². The minimum absolute atomic E-state index is 0. The summed E-state index contributed by atoms with van der Waals surface area (Å²) in [5.74, 6) is 0.927. The summed E-state index contributed by atoms with van der Waals surface area (Å²) < 4.78 is 2.08. The Kier molecular flexibility index (Phi) is 4.52. The summed E-state index contributed by atoms with van der Waals surface area (Å²) in [6.07, 6.45) is 3.75. The van der Waals surface area contributed by atoms with E-state index < -0.39 is 0 Å². The Morgan fingerprint density at radius 2 is 2.19 bits per heavy atom. The second-order valence-electron chi connectivity index (χ2n) is 3.66. The summed E-state index contributed by atoms with van der Waals surface area (Å²) >= 11 is 0. The summed E-state index contributed by atoms with van der Waals surface area (Å²) in [7, 11) is 0. The van der Waals surface area contributed by atoms with Crippen molar-refractivity contribution in [1.82, 2.24) is 9.55 Å². The van der Waals surface area contributed by atoms with Crippen LogP contribution in [-0.4, -0.2) is 9.55 Å². The Balaban J connectivity index is 0.00000128. The number of nitrogens with two attached hydrogens (primary N) is 1. The number of halogens is 1. The molecule has 0 spiro atoms. The molecule has 2 aromatic rings. The maximum absolute atomic E-state index is 5.60. The highest BCUT2D eigenvalue weighted by Gasteiger charge is 2.01. The molecule has 0 fully saturated rings. The van der Waals surface area contributed by atoms with Gasteiger partial charge in [0.25, 0.3) is 0 Å². The van der Waals surface area contributed by atoms with E-state index in [1.165, 1.54) is 11.1 Å². The van der Waals surface area contributed by atoms with E-state index in [-0.39, 0.29) is 12.4 Å². The van der Waals surface area contributed by atoms with Crippen molar-refractivity contribution in [1.29, 1.82) is 0 Å². The summed E-state index contributed by atoms with van der Waals surface area (Å²) in [6, 6.07) is 8.47. The molecule has 3 nitrogen and oxygen atoms in total. The lowest BCUT2D eigenvalue weighted by Gasteiger charge is -2.06. The van der Waals surface area contributed by atoms with Crippen LogP contribution in [0.25, 0.3) is 0 Å². The van der Waals surface area contributed by atoms with Crippen LogP contribution in [0.1, 0.15) is 17.0 Å². The second-order valence-corrected chi connectivity index (χ2v) is 3.66. The van der Waals surface area contributed by atoms with Crippen LogP contribution in [0.2, 0.25) is 0 Å². The highest BCUT2D eigenvalue weighted by atomic mass is 35.5. The van der Waals surface area contributed by atoms with Crippen LogP contribution < -0.4 is 5.73 Å². The predicted octanol–water partition coefficient (Wildman–Crippen LogP) is 2.12. The topological polar surface area (TPSA) is 43.8 Å². The van der Waals surface area contributed by atoms with Crippen LogP contribution in [0.4, 0.5) is 0 Å². The molecule has 1 aromatic carbocycles. The van der Waals surface area contributed by atoms with E-state index in [1.54, 1.807) is 6.20 Å². The van der Waals surface area contributed by atoms with E-state index in [0.29, 0.717) is 6.54 Å². The molecule has 0 aliphatic heterocycles. The fourth-order valence-corrected chi connectivity index (χ4v) is 1.68. The first-order chi connectivity index (χ1) is 7.29. The van der Waals surface area contributed by atoms with E-state index in [9.17, 15) is 0 Å². The van der Waals surface area contributed by atoms with Crippen molar-refractivity contribution in [2.45, 2.75) is 20.0 Å². The Morgan fingerprint density at radius 3 is 2.88 bits per heavy atom. The van der Waals surface area contributed by atoms with Crippen LogP contribution in [0.15, 0.2) is 36.7 Å². The molecule has 2 rings (SSSR count). The van der Waals surface area contributed by atoms with Crippen molar-refractivity contribution < 1.29 is 0 Å². The van der Waals surface area contributed by atoms with E-state index >= 15 is 0 Å². The van der Waals surface area contributed by atoms with Gasteiger partial charge in [-0.1, -0.05) is 29.8 Å². The lowest BCUT2D eigenvalue weighted by molar-refractivity contribution is 0.724. The van der Waals surface area contributed by atoms with Gasteiger partial charge < -0.3 is 10.3 Å². The summed E-state index contributed by atoms with van der Waals surface area (Å²) in [5, 5.41) is 0. The van der Waals surface area contributed by atoms with Gasteiger partial charge in [0.15, 0.2) is 0 Å². The molecule has 0 amide bonds. The Morgan fingerprint density at radius 1 is 1.38 bits per heavy atom. The molecule has 0 aliphatic rings. The van der Waals surface area contributed by atoms with Crippen LogP contribution in [0.5, 0.6) is 0 Å². The molecule has 0 unspecified atom stereocenters. The van der Waals surface area contributed by atoms with Gasteiger partial charge in [0.2, 0.25) is 0 Å². The zero-order valence-electron chi connectivity index (χ0n) is 9.26. The zero-order valence-corrected chi connectivity index (χ0v) is 10.1. The van der Waals surface area contributed by atoms with Crippen LogP contribution in [0.3, 0.4) is 0 Å². The number of hydrogen-bond donors (Lipinski definition) is 1. The van der Waals surface area contributed by atoms with Gasteiger partial charge in [-0.3, -0.25) is 0 Å². The molecule has 1 heterocycles. The van der Waals surface area contributed by atoms with E-state index in [0.717, 1.165) is 12.4 Å². The minimum atomic E-state index is 0. The van der Waals surface area contributed by atoms with Gasteiger partial charge in [0.1, 0.15) is 5.82 Å². The van der Waals surface area contributed by atoms with E-state index in [4.69, 9.17) is 5.73 Å². The summed E-state index contributed by atoms with van der Waals surface area (Å²) in [4.78, 5) is 4.19. The van der Waals surface area contributed by atoms with Gasteiger partial charge in [-0.05, 0) is 12.5 Å². The van der Waals surface area contributed by atoms with Crippen molar-refractivity contribution >= 4 is 12.4 Å². The van der Waals surface area contributed by atoms with Crippen LogP contribution in [0, 0.1) is 6.92 Å². The lowest BCUT2D eigenvalue weighted by atomic mass is 10.1. The molecular formula is C12H16ClN3. The Labute approximate surface area is 102 Å². The fraction of sp³-hybridized carbons (Fsp3) is 0.250. The van der Waals surface area contributed by atoms with Gasteiger partial charge in [-0.15, -0.1) is 12.4 Å². The molecule has 4 heteroatoms. The number of benzene rings is 1. The maximum atomic E-state index is 5.60. The monoisotopic (exact) mass is 237 g/mol. The second kappa shape index (κ2) is 5.68. The van der Waals surface area contributed by atoms with Gasteiger partial charge in [0.05, 0.1) is 6.54 Å². The highest BCUT2D eigenvalue weighted by molar-refractivity contribution is 5.85. The molecule has 0 radical (unpaired) electrons. The van der Waals surface area contributed by atoms with Crippen molar-refractivity contribution in [2.24, 2.45) is 5.73 Å². The molecule has 0 aliphatic carbocycles.